The summed E-state index contributed by atoms with van der Waals surface area (Å²) in [6, 6.07) is 1.72. The maximum atomic E-state index is 5.77. The number of anilines is 1. The van der Waals surface area contributed by atoms with E-state index in [-0.39, 0.29) is 6.17 Å². The zero-order valence-corrected chi connectivity index (χ0v) is 8.81. The number of fused-ring (bicyclic) bond motifs is 1. The highest BCUT2D eigenvalue weighted by molar-refractivity contribution is 5.82. The molecule has 15 heavy (non-hydrogen) atoms. The van der Waals surface area contributed by atoms with Crippen molar-refractivity contribution < 1.29 is 0 Å². The molecule has 2 aromatic heterocycles. The van der Waals surface area contributed by atoms with Crippen LogP contribution >= 0.6 is 0 Å². The van der Waals surface area contributed by atoms with Crippen molar-refractivity contribution in [3.05, 3.63) is 12.3 Å². The first-order chi connectivity index (χ1) is 7.24. The van der Waals surface area contributed by atoms with E-state index in [0.717, 1.165) is 6.54 Å². The lowest BCUT2D eigenvalue weighted by molar-refractivity contribution is 0.410. The first-order valence-electron chi connectivity index (χ1n) is 4.92. The molecule has 6 nitrogen and oxygen atoms in total. The number of nitrogens with one attached hydrogen (secondary N) is 1. The number of pyridine rings is 1. The van der Waals surface area contributed by atoms with Crippen LogP contribution in [0.1, 0.15) is 20.0 Å². The van der Waals surface area contributed by atoms with Crippen molar-refractivity contribution in [3.63, 3.8) is 0 Å². The Hall–Kier alpha value is -1.69. The fourth-order valence-electron chi connectivity index (χ4n) is 1.51. The highest BCUT2D eigenvalue weighted by Gasteiger charge is 2.12. The van der Waals surface area contributed by atoms with Crippen LogP contribution in [0.4, 0.5) is 5.69 Å². The average molecular weight is 206 g/mol. The molecule has 3 N–H and O–H groups in total. The second-order valence-corrected chi connectivity index (χ2v) is 3.34. The zero-order chi connectivity index (χ0) is 10.8. The summed E-state index contributed by atoms with van der Waals surface area (Å²) >= 11 is 0. The van der Waals surface area contributed by atoms with Gasteiger partial charge in [0, 0.05) is 6.20 Å². The zero-order valence-electron chi connectivity index (χ0n) is 8.81. The Morgan fingerprint density at radius 2 is 2.40 bits per heavy atom. The van der Waals surface area contributed by atoms with Crippen molar-refractivity contribution in [1.29, 1.82) is 0 Å². The third-order valence-electron chi connectivity index (χ3n) is 2.26. The predicted octanol–water partition coefficient (Wildman–Crippen LogP) is 0.536. The second kappa shape index (κ2) is 3.82. The van der Waals surface area contributed by atoms with Crippen molar-refractivity contribution >= 4 is 16.9 Å². The normalized spacial score (nSPS) is 13.2. The quantitative estimate of drug-likeness (QED) is 0.765. The summed E-state index contributed by atoms with van der Waals surface area (Å²) in [5.74, 6) is 0. The topological polar surface area (TPSA) is 81.7 Å². The molecule has 0 aliphatic carbocycles. The van der Waals surface area contributed by atoms with Gasteiger partial charge in [-0.2, -0.15) is 0 Å². The van der Waals surface area contributed by atoms with E-state index in [9.17, 15) is 0 Å². The van der Waals surface area contributed by atoms with Gasteiger partial charge < -0.3 is 5.73 Å². The third kappa shape index (κ3) is 1.63. The maximum absolute atomic E-state index is 5.77. The first-order valence-corrected chi connectivity index (χ1v) is 4.92. The average Bonchev–Trinajstić information content (AvgIpc) is 2.63. The molecule has 0 spiro atoms. The number of nitrogen functional groups attached to an aromatic ring is 1. The lowest BCUT2D eigenvalue weighted by Crippen LogP contribution is -2.24. The minimum Gasteiger partial charge on any atom is -0.397 e. The number of aromatic nitrogens is 4. The maximum Gasteiger partial charge on any atom is 0.182 e. The molecule has 0 aromatic carbocycles. The van der Waals surface area contributed by atoms with Crippen molar-refractivity contribution in [3.8, 4) is 0 Å². The molecule has 0 saturated carbocycles. The van der Waals surface area contributed by atoms with Gasteiger partial charge in [0.25, 0.3) is 0 Å². The van der Waals surface area contributed by atoms with Crippen LogP contribution in [0.15, 0.2) is 12.3 Å². The number of nitrogens with two attached hydrogens (primary N) is 1. The van der Waals surface area contributed by atoms with Gasteiger partial charge in [0.05, 0.1) is 5.69 Å². The molecule has 80 valence electrons. The molecule has 0 fully saturated rings. The van der Waals surface area contributed by atoms with Crippen molar-refractivity contribution in [2.24, 2.45) is 0 Å². The lowest BCUT2D eigenvalue weighted by atomic mass is 10.4. The van der Waals surface area contributed by atoms with Crippen LogP contribution in [-0.4, -0.2) is 26.5 Å². The Morgan fingerprint density at radius 1 is 1.60 bits per heavy atom. The Kier molecular flexibility index (Phi) is 2.51. The largest absolute Gasteiger partial charge is 0.397 e. The summed E-state index contributed by atoms with van der Waals surface area (Å²) in [6.45, 7) is 4.91. The van der Waals surface area contributed by atoms with E-state index in [2.05, 4.69) is 20.6 Å². The molecule has 1 atom stereocenters. The highest BCUT2D eigenvalue weighted by Crippen LogP contribution is 2.16. The minimum atomic E-state index is 0.0642. The molecule has 0 amide bonds. The van der Waals surface area contributed by atoms with Gasteiger partial charge in [0.1, 0.15) is 6.17 Å². The van der Waals surface area contributed by atoms with Gasteiger partial charge in [0.2, 0.25) is 0 Å². The number of nitrogens with zero attached hydrogens (tertiary/aromatic N) is 4. The van der Waals surface area contributed by atoms with Gasteiger partial charge in [-0.05, 0) is 19.5 Å². The van der Waals surface area contributed by atoms with E-state index in [4.69, 9.17) is 5.73 Å². The molecule has 0 aliphatic heterocycles. The molecule has 0 bridgehead atoms. The molecular weight excluding hydrogens is 192 g/mol. The Bertz CT molecular complexity index is 463. The van der Waals surface area contributed by atoms with Gasteiger partial charge in [-0.3, -0.25) is 5.32 Å². The minimum absolute atomic E-state index is 0.0642. The fourth-order valence-corrected chi connectivity index (χ4v) is 1.51. The Balaban J connectivity index is 2.49. The van der Waals surface area contributed by atoms with Crippen LogP contribution in [0, 0.1) is 0 Å². The van der Waals surface area contributed by atoms with Crippen molar-refractivity contribution in [2.45, 2.75) is 20.0 Å². The van der Waals surface area contributed by atoms with Crippen LogP contribution in [-0.2, 0) is 0 Å². The predicted molar refractivity (Wildman–Crippen MR) is 58.1 cm³/mol. The van der Waals surface area contributed by atoms with E-state index < -0.39 is 0 Å². The number of rotatable bonds is 3. The molecule has 2 heterocycles. The van der Waals surface area contributed by atoms with E-state index >= 15 is 0 Å². The lowest BCUT2D eigenvalue weighted by Gasteiger charge is -2.11. The van der Waals surface area contributed by atoms with Gasteiger partial charge in [-0.25, -0.2) is 9.67 Å². The van der Waals surface area contributed by atoms with Gasteiger partial charge >= 0.3 is 0 Å². The highest BCUT2D eigenvalue weighted by atomic mass is 15.5. The van der Waals surface area contributed by atoms with Crippen LogP contribution in [0.5, 0.6) is 0 Å². The van der Waals surface area contributed by atoms with E-state index in [1.807, 2.05) is 13.8 Å². The SMILES string of the molecule is CCNC(C)n1nnc2c(N)ccnc21. The fraction of sp³-hybridized carbons (Fsp3) is 0.444. The van der Waals surface area contributed by atoms with Gasteiger partial charge in [-0.15, -0.1) is 5.10 Å². The third-order valence-corrected chi connectivity index (χ3v) is 2.26. The van der Waals surface area contributed by atoms with E-state index in [1.165, 1.54) is 0 Å². The van der Waals surface area contributed by atoms with E-state index in [0.29, 0.717) is 16.9 Å². The number of hydrogen-bond acceptors (Lipinski definition) is 5. The summed E-state index contributed by atoms with van der Waals surface area (Å²) in [5.41, 5.74) is 7.74. The van der Waals surface area contributed by atoms with Crippen LogP contribution in [0.25, 0.3) is 11.2 Å². The molecule has 0 saturated heterocycles. The van der Waals surface area contributed by atoms with Gasteiger partial charge in [-0.1, -0.05) is 12.1 Å². The summed E-state index contributed by atoms with van der Waals surface area (Å²) in [5, 5.41) is 11.3. The van der Waals surface area contributed by atoms with Crippen molar-refractivity contribution in [1.82, 2.24) is 25.3 Å². The molecule has 1 unspecified atom stereocenters. The Labute approximate surface area is 87.5 Å². The molecule has 2 aromatic rings. The van der Waals surface area contributed by atoms with Crippen LogP contribution in [0.2, 0.25) is 0 Å². The number of hydrogen-bond donors (Lipinski definition) is 2. The van der Waals surface area contributed by atoms with Gasteiger partial charge in [0.15, 0.2) is 11.2 Å². The molecule has 2 rings (SSSR count). The van der Waals surface area contributed by atoms with Crippen LogP contribution < -0.4 is 11.1 Å². The monoisotopic (exact) mass is 206 g/mol. The molecular formula is C9H14N6. The smallest absolute Gasteiger partial charge is 0.182 e. The standard InChI is InChI=1S/C9H14N6/c1-3-11-6(2)15-9-8(13-14-15)7(10)4-5-12-9/h4-6,11H,3H2,1-2H3,(H2,10,12). The molecule has 0 radical (unpaired) electrons. The van der Waals surface area contributed by atoms with Crippen molar-refractivity contribution in [2.75, 3.05) is 12.3 Å². The summed E-state index contributed by atoms with van der Waals surface area (Å²) in [4.78, 5) is 4.22. The summed E-state index contributed by atoms with van der Waals surface area (Å²) in [7, 11) is 0. The summed E-state index contributed by atoms with van der Waals surface area (Å²) < 4.78 is 1.73. The molecule has 6 heteroatoms. The summed E-state index contributed by atoms with van der Waals surface area (Å²) in [6.07, 6.45) is 1.73. The first kappa shape index (κ1) is 9.85. The van der Waals surface area contributed by atoms with Crippen LogP contribution in [0.3, 0.4) is 0 Å². The molecule has 0 aliphatic rings. The second-order valence-electron chi connectivity index (χ2n) is 3.34. The van der Waals surface area contributed by atoms with E-state index in [1.54, 1.807) is 16.9 Å². The Morgan fingerprint density at radius 3 is 3.13 bits per heavy atom.